The first-order chi connectivity index (χ1) is 9.91. The summed E-state index contributed by atoms with van der Waals surface area (Å²) in [5, 5.41) is 3.19. The van der Waals surface area contributed by atoms with Gasteiger partial charge in [0.25, 0.3) is 0 Å². The van der Waals surface area contributed by atoms with Crippen LogP contribution in [0.2, 0.25) is 0 Å². The average Bonchev–Trinajstić information content (AvgIpc) is 2.80. The molecule has 1 saturated heterocycles. The molecule has 1 N–H and O–H groups in total. The molecule has 1 fully saturated rings. The van der Waals surface area contributed by atoms with E-state index in [0.29, 0.717) is 17.4 Å². The van der Waals surface area contributed by atoms with Crippen molar-refractivity contribution < 1.29 is 8.42 Å². The fourth-order valence-corrected chi connectivity index (χ4v) is 4.72. The normalized spacial score (nSPS) is 22.6. The summed E-state index contributed by atoms with van der Waals surface area (Å²) in [4.78, 5) is 2.16. The minimum atomic E-state index is -2.81. The monoisotopic (exact) mass is 310 g/mol. The van der Waals surface area contributed by atoms with Gasteiger partial charge in [-0.05, 0) is 37.6 Å². The molecule has 2 unspecified atom stereocenters. The highest BCUT2D eigenvalue weighted by Crippen LogP contribution is 2.20. The molecule has 1 aromatic rings. The van der Waals surface area contributed by atoms with Gasteiger partial charge >= 0.3 is 0 Å². The SMILES string of the molecule is CNCC(C)c1ccc(CN(C)C2CCS(=O)(=O)C2)cc1. The number of nitrogens with one attached hydrogen (secondary N) is 1. The first kappa shape index (κ1) is 16.5. The van der Waals surface area contributed by atoms with Gasteiger partial charge in [-0.3, -0.25) is 4.90 Å². The summed E-state index contributed by atoms with van der Waals surface area (Å²) in [5.41, 5.74) is 2.57. The van der Waals surface area contributed by atoms with Gasteiger partial charge in [-0.25, -0.2) is 8.42 Å². The third-order valence-corrected chi connectivity index (χ3v) is 6.07. The largest absolute Gasteiger partial charge is 0.319 e. The zero-order valence-electron chi connectivity index (χ0n) is 13.2. The Morgan fingerprint density at radius 3 is 2.52 bits per heavy atom. The fraction of sp³-hybridized carbons (Fsp3) is 0.625. The van der Waals surface area contributed by atoms with Crippen molar-refractivity contribution in [1.29, 1.82) is 0 Å². The number of likely N-dealkylation sites (N-methyl/N-ethyl adjacent to an activating group) is 1. The van der Waals surface area contributed by atoms with Crippen LogP contribution in [0.1, 0.15) is 30.4 Å². The molecule has 1 aromatic carbocycles. The summed E-state index contributed by atoms with van der Waals surface area (Å²) in [7, 11) is 1.18. The van der Waals surface area contributed by atoms with Crippen LogP contribution in [0.3, 0.4) is 0 Å². The number of hydrogen-bond donors (Lipinski definition) is 1. The summed E-state index contributed by atoms with van der Waals surface area (Å²) in [6.07, 6.45) is 0.760. The molecule has 0 aliphatic carbocycles. The predicted octanol–water partition coefficient (Wildman–Crippen LogP) is 1.63. The van der Waals surface area contributed by atoms with E-state index in [2.05, 4.69) is 41.4 Å². The van der Waals surface area contributed by atoms with Crippen molar-refractivity contribution in [3.8, 4) is 0 Å². The molecule has 0 spiro atoms. The van der Waals surface area contributed by atoms with E-state index in [0.717, 1.165) is 19.5 Å². The lowest BCUT2D eigenvalue weighted by atomic mass is 9.99. The zero-order chi connectivity index (χ0) is 15.5. The van der Waals surface area contributed by atoms with E-state index in [4.69, 9.17) is 0 Å². The van der Waals surface area contributed by atoms with Gasteiger partial charge in [0.15, 0.2) is 9.84 Å². The number of nitrogens with zero attached hydrogens (tertiary/aromatic N) is 1. The predicted molar refractivity (Wildman–Crippen MR) is 87.3 cm³/mol. The number of benzene rings is 1. The summed E-state index contributed by atoms with van der Waals surface area (Å²) in [6, 6.07) is 8.83. The Balaban J connectivity index is 1.94. The van der Waals surface area contributed by atoms with Crippen molar-refractivity contribution in [3.05, 3.63) is 35.4 Å². The fourth-order valence-electron chi connectivity index (χ4n) is 2.92. The zero-order valence-corrected chi connectivity index (χ0v) is 14.0. The minimum absolute atomic E-state index is 0.165. The molecule has 0 aromatic heterocycles. The molecule has 4 nitrogen and oxygen atoms in total. The second-order valence-corrected chi connectivity index (χ2v) is 8.40. The van der Waals surface area contributed by atoms with Crippen molar-refractivity contribution in [2.45, 2.75) is 31.8 Å². The maximum Gasteiger partial charge on any atom is 0.151 e. The van der Waals surface area contributed by atoms with Crippen molar-refractivity contribution >= 4 is 9.84 Å². The average molecular weight is 310 g/mol. The quantitative estimate of drug-likeness (QED) is 0.867. The number of sulfone groups is 1. The lowest BCUT2D eigenvalue weighted by Gasteiger charge is -2.23. The van der Waals surface area contributed by atoms with Crippen molar-refractivity contribution in [2.75, 3.05) is 32.1 Å². The maximum atomic E-state index is 11.5. The Hall–Kier alpha value is -0.910. The van der Waals surface area contributed by atoms with Gasteiger partial charge in [-0.2, -0.15) is 0 Å². The van der Waals surface area contributed by atoms with Crippen LogP contribution < -0.4 is 5.32 Å². The second kappa shape index (κ2) is 6.90. The Bertz CT molecular complexity index is 554. The Morgan fingerprint density at radius 1 is 1.33 bits per heavy atom. The Labute approximate surface area is 128 Å². The van der Waals surface area contributed by atoms with E-state index in [1.165, 1.54) is 11.1 Å². The summed E-state index contributed by atoms with van der Waals surface area (Å²) < 4.78 is 23.1. The van der Waals surface area contributed by atoms with Gasteiger partial charge in [0.1, 0.15) is 0 Å². The van der Waals surface area contributed by atoms with Crippen molar-refractivity contribution in [2.24, 2.45) is 0 Å². The van der Waals surface area contributed by atoms with E-state index < -0.39 is 9.84 Å². The molecule has 5 heteroatoms. The van der Waals surface area contributed by atoms with Crippen LogP contribution in [0.5, 0.6) is 0 Å². The standard InChI is InChI=1S/C16H26N2O2S/c1-13(10-17-2)15-6-4-14(5-7-15)11-18(3)16-8-9-21(19,20)12-16/h4-7,13,16-17H,8-12H2,1-3H3. The maximum absolute atomic E-state index is 11.5. The smallest absolute Gasteiger partial charge is 0.151 e. The number of rotatable bonds is 6. The summed E-state index contributed by atoms with van der Waals surface area (Å²) in [6.45, 7) is 3.99. The first-order valence-corrected chi connectivity index (χ1v) is 9.37. The molecule has 118 valence electrons. The van der Waals surface area contributed by atoms with Crippen LogP contribution in [-0.4, -0.2) is 51.5 Å². The molecule has 1 aliphatic heterocycles. The summed E-state index contributed by atoms with van der Waals surface area (Å²) >= 11 is 0. The number of hydrogen-bond acceptors (Lipinski definition) is 4. The molecule has 0 amide bonds. The molecule has 0 bridgehead atoms. The molecule has 21 heavy (non-hydrogen) atoms. The second-order valence-electron chi connectivity index (χ2n) is 6.17. The van der Waals surface area contributed by atoms with Gasteiger partial charge in [-0.1, -0.05) is 31.2 Å². The lowest BCUT2D eigenvalue weighted by Crippen LogP contribution is -2.32. The van der Waals surface area contributed by atoms with E-state index in [1.807, 2.05) is 14.1 Å². The molecule has 2 rings (SSSR count). The van der Waals surface area contributed by atoms with E-state index in [9.17, 15) is 8.42 Å². The van der Waals surface area contributed by atoms with Crippen molar-refractivity contribution in [1.82, 2.24) is 10.2 Å². The highest BCUT2D eigenvalue weighted by atomic mass is 32.2. The van der Waals surface area contributed by atoms with Gasteiger partial charge < -0.3 is 5.32 Å². The van der Waals surface area contributed by atoms with Crippen molar-refractivity contribution in [3.63, 3.8) is 0 Å². The van der Waals surface area contributed by atoms with Crippen LogP contribution in [0.15, 0.2) is 24.3 Å². The molecule has 0 saturated carbocycles. The Morgan fingerprint density at radius 2 is 2.00 bits per heavy atom. The van der Waals surface area contributed by atoms with Crippen LogP contribution in [0.4, 0.5) is 0 Å². The van der Waals surface area contributed by atoms with Gasteiger partial charge in [0.2, 0.25) is 0 Å². The van der Waals surface area contributed by atoms with Crippen LogP contribution in [0, 0.1) is 0 Å². The molecule has 1 heterocycles. The van der Waals surface area contributed by atoms with Crippen LogP contribution >= 0.6 is 0 Å². The highest BCUT2D eigenvalue weighted by molar-refractivity contribution is 7.91. The summed E-state index contributed by atoms with van der Waals surface area (Å²) in [5.74, 6) is 1.14. The third-order valence-electron chi connectivity index (χ3n) is 4.32. The molecule has 0 radical (unpaired) electrons. The van der Waals surface area contributed by atoms with Gasteiger partial charge in [0, 0.05) is 19.1 Å². The van der Waals surface area contributed by atoms with E-state index in [-0.39, 0.29) is 6.04 Å². The topological polar surface area (TPSA) is 49.4 Å². The highest BCUT2D eigenvalue weighted by Gasteiger charge is 2.30. The van der Waals surface area contributed by atoms with Gasteiger partial charge in [-0.15, -0.1) is 0 Å². The minimum Gasteiger partial charge on any atom is -0.319 e. The molecular formula is C16H26N2O2S. The molecule has 2 atom stereocenters. The van der Waals surface area contributed by atoms with Gasteiger partial charge in [0.05, 0.1) is 11.5 Å². The molecule has 1 aliphatic rings. The lowest BCUT2D eigenvalue weighted by molar-refractivity contribution is 0.254. The van der Waals surface area contributed by atoms with Crippen LogP contribution in [0.25, 0.3) is 0 Å². The van der Waals surface area contributed by atoms with E-state index >= 15 is 0 Å². The first-order valence-electron chi connectivity index (χ1n) is 7.55. The van der Waals surface area contributed by atoms with E-state index in [1.54, 1.807) is 0 Å². The Kier molecular flexibility index (Phi) is 5.41. The third kappa shape index (κ3) is 4.53. The molecular weight excluding hydrogens is 284 g/mol. The van der Waals surface area contributed by atoms with Crippen LogP contribution in [-0.2, 0) is 16.4 Å².